The van der Waals surface area contributed by atoms with Crippen molar-refractivity contribution in [1.82, 2.24) is 0 Å². The molecule has 2 heteroatoms. The SMILES string of the molecule is C=CCOc1ccc(C(C)(C)CC)c(C#N)c1. The number of hydrogen-bond acceptors (Lipinski definition) is 2. The second kappa shape index (κ2) is 5.54. The third-order valence-electron chi connectivity index (χ3n) is 3.09. The maximum absolute atomic E-state index is 9.20. The van der Waals surface area contributed by atoms with Crippen molar-refractivity contribution >= 4 is 0 Å². The summed E-state index contributed by atoms with van der Waals surface area (Å²) < 4.78 is 5.43. The van der Waals surface area contributed by atoms with Gasteiger partial charge in [-0.2, -0.15) is 5.26 Å². The Morgan fingerprint density at radius 2 is 2.18 bits per heavy atom. The van der Waals surface area contributed by atoms with Crippen molar-refractivity contribution in [1.29, 1.82) is 5.26 Å². The Hall–Kier alpha value is -1.75. The highest BCUT2D eigenvalue weighted by Gasteiger charge is 2.21. The van der Waals surface area contributed by atoms with Crippen LogP contribution in [0.15, 0.2) is 30.9 Å². The zero-order valence-electron chi connectivity index (χ0n) is 10.8. The third-order valence-corrected chi connectivity index (χ3v) is 3.09. The molecule has 0 saturated carbocycles. The zero-order valence-corrected chi connectivity index (χ0v) is 10.8. The Kier molecular flexibility index (Phi) is 4.34. The molecule has 0 aliphatic heterocycles. The second-order valence-corrected chi connectivity index (χ2v) is 4.66. The summed E-state index contributed by atoms with van der Waals surface area (Å²) in [5.41, 5.74) is 1.79. The normalized spacial score (nSPS) is 10.7. The molecular weight excluding hydrogens is 210 g/mol. The van der Waals surface area contributed by atoms with Crippen molar-refractivity contribution in [2.45, 2.75) is 32.6 Å². The van der Waals surface area contributed by atoms with Gasteiger partial charge in [0.2, 0.25) is 0 Å². The van der Waals surface area contributed by atoms with Gasteiger partial charge in [-0.3, -0.25) is 0 Å². The number of ether oxygens (including phenoxy) is 1. The van der Waals surface area contributed by atoms with E-state index in [-0.39, 0.29) is 5.41 Å². The van der Waals surface area contributed by atoms with Crippen LogP contribution < -0.4 is 4.74 Å². The van der Waals surface area contributed by atoms with E-state index in [0.717, 1.165) is 17.7 Å². The Balaban J connectivity index is 3.11. The molecule has 0 aromatic heterocycles. The molecule has 0 fully saturated rings. The monoisotopic (exact) mass is 229 g/mol. The van der Waals surface area contributed by atoms with Gasteiger partial charge in [0.15, 0.2) is 0 Å². The number of nitriles is 1. The Morgan fingerprint density at radius 1 is 1.47 bits per heavy atom. The lowest BCUT2D eigenvalue weighted by Crippen LogP contribution is -2.17. The van der Waals surface area contributed by atoms with Gasteiger partial charge in [0.1, 0.15) is 12.4 Å². The van der Waals surface area contributed by atoms with Crippen LogP contribution in [0.2, 0.25) is 0 Å². The molecule has 0 spiro atoms. The van der Waals surface area contributed by atoms with Gasteiger partial charge in [0.25, 0.3) is 0 Å². The minimum Gasteiger partial charge on any atom is -0.490 e. The first kappa shape index (κ1) is 13.3. The van der Waals surface area contributed by atoms with Gasteiger partial charge >= 0.3 is 0 Å². The molecule has 0 aliphatic carbocycles. The summed E-state index contributed by atoms with van der Waals surface area (Å²) in [5.74, 6) is 0.720. The quantitative estimate of drug-likeness (QED) is 0.719. The number of rotatable bonds is 5. The highest BCUT2D eigenvalue weighted by Crippen LogP contribution is 2.31. The van der Waals surface area contributed by atoms with Crippen molar-refractivity contribution in [3.63, 3.8) is 0 Å². The van der Waals surface area contributed by atoms with Crippen LogP contribution in [0.4, 0.5) is 0 Å². The average molecular weight is 229 g/mol. The zero-order chi connectivity index (χ0) is 12.9. The number of nitrogens with zero attached hydrogens (tertiary/aromatic N) is 1. The van der Waals surface area contributed by atoms with E-state index in [9.17, 15) is 5.26 Å². The first-order chi connectivity index (χ1) is 8.05. The molecule has 90 valence electrons. The minimum atomic E-state index is 0.0159. The fourth-order valence-electron chi connectivity index (χ4n) is 1.64. The molecule has 1 aromatic carbocycles. The van der Waals surface area contributed by atoms with Crippen LogP contribution >= 0.6 is 0 Å². The molecule has 0 saturated heterocycles. The molecule has 0 atom stereocenters. The Labute approximate surface area is 104 Å². The van der Waals surface area contributed by atoms with Crippen LogP contribution in [0, 0.1) is 11.3 Å². The van der Waals surface area contributed by atoms with Crippen molar-refractivity contribution in [2.24, 2.45) is 0 Å². The average Bonchev–Trinajstić information content (AvgIpc) is 2.35. The molecule has 2 nitrogen and oxygen atoms in total. The summed E-state index contributed by atoms with van der Waals surface area (Å²) >= 11 is 0. The number of benzene rings is 1. The second-order valence-electron chi connectivity index (χ2n) is 4.66. The standard InChI is InChI=1S/C15H19NO/c1-5-9-17-13-7-8-14(12(10-13)11-16)15(3,4)6-2/h5,7-8,10H,1,6,9H2,2-4H3. The van der Waals surface area contributed by atoms with Crippen LogP contribution in [-0.4, -0.2) is 6.61 Å². The molecule has 0 radical (unpaired) electrons. The van der Waals surface area contributed by atoms with Crippen LogP contribution in [0.3, 0.4) is 0 Å². The minimum absolute atomic E-state index is 0.0159. The Morgan fingerprint density at radius 3 is 2.71 bits per heavy atom. The van der Waals surface area contributed by atoms with E-state index in [1.807, 2.05) is 12.1 Å². The van der Waals surface area contributed by atoms with E-state index >= 15 is 0 Å². The fraction of sp³-hybridized carbons (Fsp3) is 0.400. The van der Waals surface area contributed by atoms with E-state index < -0.39 is 0 Å². The van der Waals surface area contributed by atoms with Gasteiger partial charge < -0.3 is 4.74 Å². The maximum atomic E-state index is 9.20. The van der Waals surface area contributed by atoms with Crippen molar-refractivity contribution in [3.8, 4) is 11.8 Å². The molecule has 0 aliphatic rings. The summed E-state index contributed by atoms with van der Waals surface area (Å²) in [6, 6.07) is 7.95. The summed E-state index contributed by atoms with van der Waals surface area (Å²) in [5, 5.41) is 9.20. The molecule has 0 N–H and O–H groups in total. The lowest BCUT2D eigenvalue weighted by Gasteiger charge is -2.24. The van der Waals surface area contributed by atoms with Gasteiger partial charge in [0, 0.05) is 0 Å². The first-order valence-electron chi connectivity index (χ1n) is 5.83. The smallest absolute Gasteiger partial charge is 0.121 e. The van der Waals surface area contributed by atoms with Crippen LogP contribution in [0.5, 0.6) is 5.75 Å². The van der Waals surface area contributed by atoms with E-state index in [1.165, 1.54) is 0 Å². The highest BCUT2D eigenvalue weighted by molar-refractivity contribution is 5.46. The first-order valence-corrected chi connectivity index (χ1v) is 5.83. The lowest BCUT2D eigenvalue weighted by atomic mass is 9.80. The topological polar surface area (TPSA) is 33.0 Å². The van der Waals surface area contributed by atoms with Crippen molar-refractivity contribution < 1.29 is 4.74 Å². The predicted octanol–water partition coefficient (Wildman–Crippen LogP) is 3.81. The van der Waals surface area contributed by atoms with E-state index in [0.29, 0.717) is 12.2 Å². The van der Waals surface area contributed by atoms with E-state index in [1.54, 1.807) is 12.1 Å². The lowest BCUT2D eigenvalue weighted by molar-refractivity contribution is 0.362. The molecule has 0 bridgehead atoms. The maximum Gasteiger partial charge on any atom is 0.121 e. The molecule has 0 amide bonds. The van der Waals surface area contributed by atoms with Gasteiger partial charge in [0.05, 0.1) is 11.6 Å². The molecule has 0 heterocycles. The Bertz CT molecular complexity index is 441. The molecule has 1 rings (SSSR count). The van der Waals surface area contributed by atoms with Gasteiger partial charge in [-0.25, -0.2) is 0 Å². The van der Waals surface area contributed by atoms with Crippen molar-refractivity contribution in [2.75, 3.05) is 6.61 Å². The highest BCUT2D eigenvalue weighted by atomic mass is 16.5. The van der Waals surface area contributed by atoms with E-state index in [2.05, 4.69) is 33.4 Å². The molecular formula is C15H19NO. The molecule has 17 heavy (non-hydrogen) atoms. The predicted molar refractivity (Wildman–Crippen MR) is 70.2 cm³/mol. The number of hydrogen-bond donors (Lipinski definition) is 0. The van der Waals surface area contributed by atoms with Gasteiger partial charge in [-0.15, -0.1) is 0 Å². The summed E-state index contributed by atoms with van der Waals surface area (Å²) in [4.78, 5) is 0. The van der Waals surface area contributed by atoms with Crippen LogP contribution in [0.25, 0.3) is 0 Å². The molecule has 0 unspecified atom stereocenters. The summed E-state index contributed by atoms with van der Waals surface area (Å²) in [6.45, 7) is 10.5. The van der Waals surface area contributed by atoms with Crippen LogP contribution in [0.1, 0.15) is 38.3 Å². The third kappa shape index (κ3) is 3.10. The summed E-state index contributed by atoms with van der Waals surface area (Å²) in [6.07, 6.45) is 2.69. The molecule has 1 aromatic rings. The van der Waals surface area contributed by atoms with Crippen molar-refractivity contribution in [3.05, 3.63) is 42.0 Å². The summed E-state index contributed by atoms with van der Waals surface area (Å²) in [7, 11) is 0. The van der Waals surface area contributed by atoms with E-state index in [4.69, 9.17) is 4.74 Å². The fourth-order valence-corrected chi connectivity index (χ4v) is 1.64. The largest absolute Gasteiger partial charge is 0.490 e. The van der Waals surface area contributed by atoms with Crippen LogP contribution in [-0.2, 0) is 5.41 Å². The van der Waals surface area contributed by atoms with Gasteiger partial charge in [-0.05, 0) is 29.5 Å². The van der Waals surface area contributed by atoms with Gasteiger partial charge in [-0.1, -0.05) is 39.5 Å².